The van der Waals surface area contributed by atoms with E-state index in [-0.39, 0.29) is 11.9 Å². The highest BCUT2D eigenvalue weighted by Gasteiger charge is 2.19. The number of methoxy groups -OCH3 is 1. The van der Waals surface area contributed by atoms with Crippen LogP contribution in [0.15, 0.2) is 0 Å². The van der Waals surface area contributed by atoms with Crippen LogP contribution in [0.4, 0.5) is 0 Å². The summed E-state index contributed by atoms with van der Waals surface area (Å²) in [4.78, 5) is 13.5. The first-order valence-corrected chi connectivity index (χ1v) is 5.64. The number of piperidine rings is 1. The molecule has 5 heteroatoms. The molecule has 5 nitrogen and oxygen atoms in total. The van der Waals surface area contributed by atoms with Crippen LogP contribution in [0.3, 0.4) is 0 Å². The molecule has 1 aliphatic rings. The van der Waals surface area contributed by atoms with E-state index in [1.807, 2.05) is 0 Å². The minimum absolute atomic E-state index is 0.0561. The van der Waals surface area contributed by atoms with Crippen molar-refractivity contribution in [2.45, 2.75) is 25.3 Å². The maximum absolute atomic E-state index is 11.4. The summed E-state index contributed by atoms with van der Waals surface area (Å²) in [7, 11) is 1.59. The molecule has 0 aromatic rings. The Labute approximate surface area is 96.4 Å². The number of nitriles is 1. The first-order chi connectivity index (χ1) is 7.76. The highest BCUT2D eigenvalue weighted by Crippen LogP contribution is 2.09. The van der Waals surface area contributed by atoms with Crippen molar-refractivity contribution in [3.05, 3.63) is 0 Å². The van der Waals surface area contributed by atoms with E-state index in [1.165, 1.54) is 0 Å². The molecule has 1 rings (SSSR count). The van der Waals surface area contributed by atoms with Gasteiger partial charge in [0.1, 0.15) is 0 Å². The van der Waals surface area contributed by atoms with Crippen LogP contribution in [-0.2, 0) is 9.53 Å². The molecule has 90 valence electrons. The lowest BCUT2D eigenvalue weighted by Gasteiger charge is -2.30. The molecule has 1 N–H and O–H groups in total. The highest BCUT2D eigenvalue weighted by molar-refractivity contribution is 5.76. The third kappa shape index (κ3) is 4.60. The van der Waals surface area contributed by atoms with Gasteiger partial charge in [-0.1, -0.05) is 0 Å². The van der Waals surface area contributed by atoms with E-state index in [2.05, 4.69) is 16.3 Å². The van der Waals surface area contributed by atoms with Gasteiger partial charge in [-0.15, -0.1) is 0 Å². The van der Waals surface area contributed by atoms with Gasteiger partial charge in [0, 0.05) is 32.7 Å². The molecule has 1 aliphatic heterocycles. The Morgan fingerprint density at radius 3 is 2.81 bits per heavy atom. The van der Waals surface area contributed by atoms with Crippen molar-refractivity contribution < 1.29 is 9.53 Å². The number of amides is 1. The van der Waals surface area contributed by atoms with Gasteiger partial charge >= 0.3 is 0 Å². The average molecular weight is 225 g/mol. The van der Waals surface area contributed by atoms with Gasteiger partial charge in [0.25, 0.3) is 0 Å². The molecule has 0 saturated carbocycles. The van der Waals surface area contributed by atoms with Crippen molar-refractivity contribution in [1.29, 1.82) is 5.26 Å². The second-order valence-electron chi connectivity index (χ2n) is 4.02. The molecule has 0 bridgehead atoms. The summed E-state index contributed by atoms with van der Waals surface area (Å²) < 4.78 is 4.85. The van der Waals surface area contributed by atoms with E-state index in [9.17, 15) is 4.79 Å². The Morgan fingerprint density at radius 1 is 1.56 bits per heavy atom. The summed E-state index contributed by atoms with van der Waals surface area (Å²) >= 11 is 0. The number of hydrogen-bond acceptors (Lipinski definition) is 4. The van der Waals surface area contributed by atoms with Gasteiger partial charge in [-0.2, -0.15) is 5.26 Å². The number of carbonyl (C=O) groups is 1. The lowest BCUT2D eigenvalue weighted by Crippen LogP contribution is -2.44. The van der Waals surface area contributed by atoms with E-state index >= 15 is 0 Å². The summed E-state index contributed by atoms with van der Waals surface area (Å²) in [5.74, 6) is 0.0561. The first kappa shape index (κ1) is 12.9. The Hall–Kier alpha value is -1.12. The van der Waals surface area contributed by atoms with Gasteiger partial charge in [0.2, 0.25) is 5.91 Å². The minimum Gasteiger partial charge on any atom is -0.384 e. The highest BCUT2D eigenvalue weighted by atomic mass is 16.5. The number of hydrogen-bond donors (Lipinski definition) is 1. The number of likely N-dealkylation sites (tertiary alicyclic amines) is 1. The second-order valence-corrected chi connectivity index (χ2v) is 4.02. The Bertz CT molecular complexity index is 254. The monoisotopic (exact) mass is 225 g/mol. The SMILES string of the molecule is COCCC(=O)NC1CCN(CC#N)CC1. The van der Waals surface area contributed by atoms with Crippen molar-refractivity contribution in [3.63, 3.8) is 0 Å². The molecule has 1 fully saturated rings. The first-order valence-electron chi connectivity index (χ1n) is 5.64. The van der Waals surface area contributed by atoms with E-state index in [0.717, 1.165) is 25.9 Å². The predicted octanol–water partition coefficient (Wildman–Crippen LogP) is 0.127. The quantitative estimate of drug-likeness (QED) is 0.675. The van der Waals surface area contributed by atoms with Crippen molar-refractivity contribution in [3.8, 4) is 6.07 Å². The number of ether oxygens (including phenoxy) is 1. The fraction of sp³-hybridized carbons (Fsp3) is 0.818. The second kappa shape index (κ2) is 7.20. The lowest BCUT2D eigenvalue weighted by molar-refractivity contribution is -0.122. The van der Waals surface area contributed by atoms with Crippen LogP contribution in [0, 0.1) is 11.3 Å². The van der Waals surface area contributed by atoms with E-state index in [4.69, 9.17) is 10.00 Å². The number of carbonyl (C=O) groups excluding carboxylic acids is 1. The zero-order chi connectivity index (χ0) is 11.8. The number of rotatable bonds is 5. The lowest BCUT2D eigenvalue weighted by atomic mass is 10.1. The van der Waals surface area contributed by atoms with Crippen LogP contribution < -0.4 is 5.32 Å². The molecule has 0 atom stereocenters. The summed E-state index contributed by atoms with van der Waals surface area (Å²) in [5, 5.41) is 11.5. The molecule has 0 aromatic heterocycles. The molecular weight excluding hydrogens is 206 g/mol. The van der Waals surface area contributed by atoms with Crippen LogP contribution in [0.5, 0.6) is 0 Å². The maximum Gasteiger partial charge on any atom is 0.222 e. The van der Waals surface area contributed by atoms with Gasteiger partial charge in [-0.05, 0) is 12.8 Å². The van der Waals surface area contributed by atoms with Crippen molar-refractivity contribution in [2.24, 2.45) is 0 Å². The van der Waals surface area contributed by atoms with Gasteiger partial charge in [0.15, 0.2) is 0 Å². The van der Waals surface area contributed by atoms with Crippen LogP contribution in [0.25, 0.3) is 0 Å². The fourth-order valence-electron chi connectivity index (χ4n) is 1.83. The molecule has 0 radical (unpaired) electrons. The van der Waals surface area contributed by atoms with Crippen LogP contribution in [0.1, 0.15) is 19.3 Å². The molecule has 0 aromatic carbocycles. The molecule has 16 heavy (non-hydrogen) atoms. The Kier molecular flexibility index (Phi) is 5.83. The summed E-state index contributed by atoms with van der Waals surface area (Å²) in [6, 6.07) is 2.41. The van der Waals surface area contributed by atoms with E-state index < -0.39 is 0 Å². The van der Waals surface area contributed by atoms with Crippen LogP contribution in [-0.4, -0.2) is 50.2 Å². The normalized spacial score (nSPS) is 18.0. The molecule has 1 heterocycles. The fourth-order valence-corrected chi connectivity index (χ4v) is 1.83. The standard InChI is InChI=1S/C11H19N3O2/c1-16-9-4-11(15)13-10-2-6-14(7-3-10)8-5-12/h10H,2-4,6-9H2,1H3,(H,13,15). The Morgan fingerprint density at radius 2 is 2.25 bits per heavy atom. The van der Waals surface area contributed by atoms with Gasteiger partial charge in [-0.3, -0.25) is 9.69 Å². The molecular formula is C11H19N3O2. The molecule has 0 unspecified atom stereocenters. The third-order valence-corrected chi connectivity index (χ3v) is 2.78. The molecule has 0 aliphatic carbocycles. The zero-order valence-electron chi connectivity index (χ0n) is 9.74. The number of nitrogens with one attached hydrogen (secondary N) is 1. The topological polar surface area (TPSA) is 65.4 Å². The summed E-state index contributed by atoms with van der Waals surface area (Å²) in [5.41, 5.74) is 0. The summed E-state index contributed by atoms with van der Waals surface area (Å²) in [6.45, 7) is 2.75. The smallest absolute Gasteiger partial charge is 0.222 e. The van der Waals surface area contributed by atoms with Gasteiger partial charge < -0.3 is 10.1 Å². The number of nitrogens with zero attached hydrogens (tertiary/aromatic N) is 2. The van der Waals surface area contributed by atoms with Crippen LogP contribution >= 0.6 is 0 Å². The summed E-state index contributed by atoms with van der Waals surface area (Å²) in [6.07, 6.45) is 2.29. The molecule has 1 saturated heterocycles. The average Bonchev–Trinajstić information content (AvgIpc) is 2.29. The Balaban J connectivity index is 2.17. The van der Waals surface area contributed by atoms with Crippen molar-refractivity contribution >= 4 is 5.91 Å². The largest absolute Gasteiger partial charge is 0.384 e. The van der Waals surface area contributed by atoms with Gasteiger partial charge in [0.05, 0.1) is 19.2 Å². The molecule has 0 spiro atoms. The maximum atomic E-state index is 11.4. The van der Waals surface area contributed by atoms with Crippen LogP contribution in [0.2, 0.25) is 0 Å². The molecule has 1 amide bonds. The minimum atomic E-state index is 0.0561. The predicted molar refractivity (Wildman–Crippen MR) is 59.7 cm³/mol. The van der Waals surface area contributed by atoms with Crippen molar-refractivity contribution in [2.75, 3.05) is 33.4 Å². The van der Waals surface area contributed by atoms with E-state index in [0.29, 0.717) is 19.6 Å². The van der Waals surface area contributed by atoms with Gasteiger partial charge in [-0.25, -0.2) is 0 Å². The van der Waals surface area contributed by atoms with Crippen molar-refractivity contribution in [1.82, 2.24) is 10.2 Å². The van der Waals surface area contributed by atoms with E-state index in [1.54, 1.807) is 7.11 Å². The third-order valence-electron chi connectivity index (χ3n) is 2.78. The zero-order valence-corrected chi connectivity index (χ0v) is 9.74.